The van der Waals surface area contributed by atoms with E-state index in [0.29, 0.717) is 37.6 Å². The fourth-order valence-electron chi connectivity index (χ4n) is 7.04. The Morgan fingerprint density at radius 3 is 0.684 bits per heavy atom. The molecule has 0 bridgehead atoms. The van der Waals surface area contributed by atoms with Crippen molar-refractivity contribution in [1.82, 2.24) is 0 Å². The topological polar surface area (TPSA) is 108 Å². The van der Waals surface area contributed by atoms with Crippen LogP contribution in [-0.2, 0) is 32.7 Å². The van der Waals surface area contributed by atoms with Gasteiger partial charge in [-0.2, -0.15) is 0 Å². The summed E-state index contributed by atoms with van der Waals surface area (Å²) in [6, 6.07) is 0. The number of esters is 2. The molecule has 0 aromatic rings. The standard InChI is InChI=1S/C48H91O8P/c1-45(2)47(49)53-41-37-33-29-25-21-17-13-9-5-7-11-15-19-23-27-31-35-39-43-55-57(51,52)56-44-40-36-32-28-24-20-16-12-8-6-10-14-18-22-26-30-34-38-42-54-48(50)46(3)4/h1,3,5-44H2,2,4H3,(H,51,52). The molecule has 57 heavy (non-hydrogen) atoms. The average molecular weight is 827 g/mol. The summed E-state index contributed by atoms with van der Waals surface area (Å²) in [6.45, 7) is 12.2. The van der Waals surface area contributed by atoms with Crippen molar-refractivity contribution < 1.29 is 37.6 Å². The van der Waals surface area contributed by atoms with Gasteiger partial charge in [-0.15, -0.1) is 0 Å². The molecule has 0 aromatic carbocycles. The highest BCUT2D eigenvalue weighted by Gasteiger charge is 2.20. The Bertz CT molecular complexity index is 925. The normalized spacial score (nSPS) is 11.6. The predicted octanol–water partition coefficient (Wildman–Crippen LogP) is 15.4. The molecule has 0 unspecified atom stereocenters. The van der Waals surface area contributed by atoms with Gasteiger partial charge < -0.3 is 14.4 Å². The highest BCUT2D eigenvalue weighted by atomic mass is 31.2. The first-order valence-electron chi connectivity index (χ1n) is 23.9. The highest BCUT2D eigenvalue weighted by molar-refractivity contribution is 7.47. The molecule has 0 aliphatic carbocycles. The third-order valence-corrected chi connectivity index (χ3v) is 11.8. The fraction of sp³-hybridized carbons (Fsp3) is 0.875. The summed E-state index contributed by atoms with van der Waals surface area (Å²) in [6.07, 6.45) is 44.4. The molecule has 0 radical (unpaired) electrons. The van der Waals surface area contributed by atoms with E-state index in [2.05, 4.69) is 13.2 Å². The molecule has 0 saturated carbocycles. The summed E-state index contributed by atoms with van der Waals surface area (Å²) in [5.74, 6) is -0.546. The fourth-order valence-corrected chi connectivity index (χ4v) is 7.83. The molecule has 9 heteroatoms. The summed E-state index contributed by atoms with van der Waals surface area (Å²) in [4.78, 5) is 32.6. The Labute approximate surface area is 352 Å². The molecular weight excluding hydrogens is 735 g/mol. The van der Waals surface area contributed by atoms with Gasteiger partial charge in [0.25, 0.3) is 0 Å². The van der Waals surface area contributed by atoms with Crippen molar-refractivity contribution in [2.45, 2.75) is 245 Å². The molecule has 0 spiro atoms. The first kappa shape index (κ1) is 55.5. The van der Waals surface area contributed by atoms with Gasteiger partial charge in [0.15, 0.2) is 0 Å². The van der Waals surface area contributed by atoms with Gasteiger partial charge in [-0.3, -0.25) is 9.05 Å². The largest absolute Gasteiger partial charge is 0.472 e. The maximum absolute atomic E-state index is 12.2. The van der Waals surface area contributed by atoms with Crippen LogP contribution in [0.2, 0.25) is 0 Å². The van der Waals surface area contributed by atoms with Crippen LogP contribution >= 0.6 is 7.82 Å². The first-order chi connectivity index (χ1) is 27.7. The van der Waals surface area contributed by atoms with E-state index in [0.717, 1.165) is 64.2 Å². The van der Waals surface area contributed by atoms with Gasteiger partial charge in [-0.1, -0.05) is 219 Å². The Balaban J connectivity index is 3.28. The SMILES string of the molecule is C=C(C)C(=O)OCCCCCCCCCCCCCCCCCCCCOP(=O)(O)OCCCCCCCCCCCCCCCCCCCCOC(=O)C(=C)C. The molecule has 0 fully saturated rings. The second-order valence-corrected chi connectivity index (χ2v) is 18.1. The second-order valence-electron chi connectivity index (χ2n) is 16.7. The smallest absolute Gasteiger partial charge is 0.462 e. The van der Waals surface area contributed by atoms with E-state index in [4.69, 9.17) is 18.5 Å². The van der Waals surface area contributed by atoms with E-state index >= 15 is 0 Å². The summed E-state index contributed by atoms with van der Waals surface area (Å²) in [5, 5.41) is 0. The van der Waals surface area contributed by atoms with Gasteiger partial charge in [0.1, 0.15) is 0 Å². The molecule has 8 nitrogen and oxygen atoms in total. The zero-order valence-electron chi connectivity index (χ0n) is 37.5. The number of ether oxygens (including phenoxy) is 2. The van der Waals surface area contributed by atoms with Crippen molar-refractivity contribution in [3.8, 4) is 0 Å². The number of hydrogen-bond acceptors (Lipinski definition) is 7. The third-order valence-electron chi connectivity index (χ3n) is 10.7. The number of carbonyl (C=O) groups excluding carboxylic acids is 2. The van der Waals surface area contributed by atoms with Crippen molar-refractivity contribution in [2.24, 2.45) is 0 Å². The molecule has 0 atom stereocenters. The molecule has 0 rings (SSSR count). The number of phosphoric acid groups is 1. The number of hydrogen-bond donors (Lipinski definition) is 1. The van der Waals surface area contributed by atoms with E-state index in [-0.39, 0.29) is 11.9 Å². The summed E-state index contributed by atoms with van der Waals surface area (Å²) in [7, 11) is -3.92. The van der Waals surface area contributed by atoms with Gasteiger partial charge >= 0.3 is 19.8 Å². The quantitative estimate of drug-likeness (QED) is 0.0280. The van der Waals surface area contributed by atoms with Crippen LogP contribution in [0.4, 0.5) is 0 Å². The van der Waals surface area contributed by atoms with Crippen molar-refractivity contribution in [3.63, 3.8) is 0 Å². The zero-order valence-corrected chi connectivity index (χ0v) is 38.3. The average Bonchev–Trinajstić information content (AvgIpc) is 3.18. The van der Waals surface area contributed by atoms with Crippen molar-refractivity contribution >= 4 is 19.8 Å². The van der Waals surface area contributed by atoms with Crippen LogP contribution in [0.1, 0.15) is 245 Å². The van der Waals surface area contributed by atoms with Crippen LogP contribution in [0, 0.1) is 0 Å². The summed E-state index contributed by atoms with van der Waals surface area (Å²) >= 11 is 0. The van der Waals surface area contributed by atoms with Crippen LogP contribution in [0.5, 0.6) is 0 Å². The lowest BCUT2D eigenvalue weighted by Gasteiger charge is -2.12. The van der Waals surface area contributed by atoms with Crippen LogP contribution in [0.15, 0.2) is 24.3 Å². The zero-order chi connectivity index (χ0) is 41.9. The molecule has 0 saturated heterocycles. The van der Waals surface area contributed by atoms with Crippen LogP contribution in [0.3, 0.4) is 0 Å². The van der Waals surface area contributed by atoms with Gasteiger partial charge in [-0.05, 0) is 39.5 Å². The van der Waals surface area contributed by atoms with E-state index < -0.39 is 7.82 Å². The number of unbranched alkanes of at least 4 members (excludes halogenated alkanes) is 34. The molecule has 0 aliphatic rings. The molecule has 0 amide bonds. The van der Waals surface area contributed by atoms with Gasteiger partial charge in [-0.25, -0.2) is 14.2 Å². The lowest BCUT2D eigenvalue weighted by molar-refractivity contribution is -0.139. The van der Waals surface area contributed by atoms with Gasteiger partial charge in [0.2, 0.25) is 0 Å². The monoisotopic (exact) mass is 827 g/mol. The first-order valence-corrected chi connectivity index (χ1v) is 25.4. The molecule has 336 valence electrons. The number of carbonyl (C=O) groups is 2. The van der Waals surface area contributed by atoms with Crippen LogP contribution in [0.25, 0.3) is 0 Å². The maximum Gasteiger partial charge on any atom is 0.472 e. The van der Waals surface area contributed by atoms with E-state index in [1.165, 1.54) is 167 Å². The molecule has 1 N–H and O–H groups in total. The van der Waals surface area contributed by atoms with Crippen molar-refractivity contribution in [2.75, 3.05) is 26.4 Å². The number of phosphoric ester groups is 1. The lowest BCUT2D eigenvalue weighted by atomic mass is 10.0. The van der Waals surface area contributed by atoms with E-state index in [1.807, 2.05) is 0 Å². The Hall–Kier alpha value is -1.47. The van der Waals surface area contributed by atoms with Crippen molar-refractivity contribution in [3.05, 3.63) is 24.3 Å². The molecular formula is C48H91O8P. The highest BCUT2D eigenvalue weighted by Crippen LogP contribution is 2.43. The maximum atomic E-state index is 12.2. The molecule has 0 aromatic heterocycles. The van der Waals surface area contributed by atoms with Crippen molar-refractivity contribution in [1.29, 1.82) is 0 Å². The van der Waals surface area contributed by atoms with E-state index in [1.54, 1.807) is 13.8 Å². The summed E-state index contributed by atoms with van der Waals surface area (Å²) < 4.78 is 32.8. The molecule has 0 aliphatic heterocycles. The second kappa shape index (κ2) is 42.6. The van der Waals surface area contributed by atoms with Crippen LogP contribution < -0.4 is 0 Å². The predicted molar refractivity (Wildman–Crippen MR) is 239 cm³/mol. The third kappa shape index (κ3) is 43.9. The van der Waals surface area contributed by atoms with Crippen LogP contribution in [-0.4, -0.2) is 43.3 Å². The number of rotatable bonds is 46. The Morgan fingerprint density at radius 1 is 0.351 bits per heavy atom. The minimum Gasteiger partial charge on any atom is -0.462 e. The lowest BCUT2D eigenvalue weighted by Crippen LogP contribution is -2.05. The minimum atomic E-state index is -3.92. The Kier molecular flexibility index (Phi) is 41.5. The summed E-state index contributed by atoms with van der Waals surface area (Å²) in [5.41, 5.74) is 0.948. The molecule has 0 heterocycles. The van der Waals surface area contributed by atoms with Gasteiger partial charge in [0.05, 0.1) is 26.4 Å². The Morgan fingerprint density at radius 2 is 0.509 bits per heavy atom. The van der Waals surface area contributed by atoms with E-state index in [9.17, 15) is 19.0 Å². The minimum absolute atomic E-state index is 0.273. The van der Waals surface area contributed by atoms with Gasteiger partial charge in [0, 0.05) is 11.1 Å².